The first kappa shape index (κ1) is 17.2. The zero-order valence-electron chi connectivity index (χ0n) is 13.4. The lowest BCUT2D eigenvalue weighted by Gasteiger charge is -2.35. The SMILES string of the molecule is OC[C@H]1CN(Cc2cccc(Oc3ccc(Cl)cc3)c2)CC[C@H]1O. The number of benzene rings is 2. The molecule has 0 aromatic heterocycles. The van der Waals surface area contributed by atoms with Crippen molar-refractivity contribution in [1.29, 1.82) is 0 Å². The van der Waals surface area contributed by atoms with Crippen molar-refractivity contribution < 1.29 is 14.9 Å². The highest BCUT2D eigenvalue weighted by atomic mass is 35.5. The van der Waals surface area contributed by atoms with Gasteiger partial charge in [0.15, 0.2) is 0 Å². The molecule has 2 atom stereocenters. The van der Waals surface area contributed by atoms with Crippen LogP contribution in [0.25, 0.3) is 0 Å². The number of piperidine rings is 1. The highest BCUT2D eigenvalue weighted by molar-refractivity contribution is 6.30. The van der Waals surface area contributed by atoms with Gasteiger partial charge in [0.1, 0.15) is 11.5 Å². The lowest BCUT2D eigenvalue weighted by Crippen LogP contribution is -2.44. The van der Waals surface area contributed by atoms with Gasteiger partial charge in [-0.05, 0) is 48.4 Å². The number of ether oxygens (including phenoxy) is 1. The fraction of sp³-hybridized carbons (Fsp3) is 0.368. The third-order valence-corrected chi connectivity index (χ3v) is 4.62. The molecule has 0 unspecified atom stereocenters. The van der Waals surface area contributed by atoms with Crippen molar-refractivity contribution in [2.45, 2.75) is 19.1 Å². The van der Waals surface area contributed by atoms with Crippen LogP contribution in [-0.2, 0) is 6.54 Å². The van der Waals surface area contributed by atoms with Gasteiger partial charge >= 0.3 is 0 Å². The van der Waals surface area contributed by atoms with E-state index in [1.807, 2.05) is 30.3 Å². The van der Waals surface area contributed by atoms with E-state index in [-0.39, 0.29) is 12.5 Å². The Balaban J connectivity index is 1.64. The Morgan fingerprint density at radius 3 is 2.67 bits per heavy atom. The molecule has 0 spiro atoms. The lowest BCUT2D eigenvalue weighted by molar-refractivity contribution is -0.00202. The molecular formula is C19H22ClNO3. The van der Waals surface area contributed by atoms with Crippen molar-refractivity contribution in [3.05, 3.63) is 59.1 Å². The monoisotopic (exact) mass is 347 g/mol. The normalized spacial score (nSPS) is 21.6. The summed E-state index contributed by atoms with van der Waals surface area (Å²) in [4.78, 5) is 2.26. The molecule has 3 rings (SSSR count). The molecule has 1 fully saturated rings. The van der Waals surface area contributed by atoms with Gasteiger partial charge in [-0.3, -0.25) is 4.90 Å². The second kappa shape index (κ2) is 7.99. The van der Waals surface area contributed by atoms with Gasteiger partial charge in [0.2, 0.25) is 0 Å². The van der Waals surface area contributed by atoms with Crippen LogP contribution in [-0.4, -0.2) is 40.9 Å². The molecule has 0 radical (unpaired) electrons. The summed E-state index contributed by atoms with van der Waals surface area (Å²) in [6.45, 7) is 2.35. The zero-order valence-corrected chi connectivity index (χ0v) is 14.2. The second-order valence-electron chi connectivity index (χ2n) is 6.24. The molecule has 24 heavy (non-hydrogen) atoms. The average molecular weight is 348 g/mol. The van der Waals surface area contributed by atoms with E-state index in [9.17, 15) is 10.2 Å². The summed E-state index contributed by atoms with van der Waals surface area (Å²) < 4.78 is 5.87. The average Bonchev–Trinajstić information content (AvgIpc) is 2.59. The standard InChI is InChI=1S/C19H22ClNO3/c20-16-4-6-17(7-5-16)24-18-3-1-2-14(10-18)11-21-9-8-19(23)15(12-21)13-22/h1-7,10,15,19,22-23H,8-9,11-13H2/t15-,19-/m1/s1. The molecule has 0 saturated carbocycles. The molecule has 2 N–H and O–H groups in total. The van der Waals surface area contributed by atoms with Gasteiger partial charge in [0.25, 0.3) is 0 Å². The summed E-state index contributed by atoms with van der Waals surface area (Å²) in [6, 6.07) is 15.3. The van der Waals surface area contributed by atoms with Crippen molar-refractivity contribution in [2.75, 3.05) is 19.7 Å². The number of hydrogen-bond donors (Lipinski definition) is 2. The van der Waals surface area contributed by atoms with Crippen LogP contribution >= 0.6 is 11.6 Å². The summed E-state index contributed by atoms with van der Waals surface area (Å²) in [5.74, 6) is 1.47. The molecule has 2 aromatic rings. The van der Waals surface area contributed by atoms with Crippen LogP contribution in [0.5, 0.6) is 11.5 Å². The minimum absolute atomic E-state index is 0.0252. The molecule has 0 aliphatic carbocycles. The zero-order chi connectivity index (χ0) is 16.9. The number of halogens is 1. The maximum atomic E-state index is 9.86. The molecular weight excluding hydrogens is 326 g/mol. The smallest absolute Gasteiger partial charge is 0.127 e. The number of aliphatic hydroxyl groups is 2. The predicted molar refractivity (Wildman–Crippen MR) is 94.4 cm³/mol. The van der Waals surface area contributed by atoms with E-state index in [0.29, 0.717) is 18.0 Å². The Morgan fingerprint density at radius 1 is 1.12 bits per heavy atom. The summed E-state index contributed by atoms with van der Waals surface area (Å²) in [5.41, 5.74) is 1.15. The Bertz CT molecular complexity index is 662. The van der Waals surface area contributed by atoms with Crippen molar-refractivity contribution in [2.24, 2.45) is 5.92 Å². The second-order valence-corrected chi connectivity index (χ2v) is 6.67. The number of likely N-dealkylation sites (tertiary alicyclic amines) is 1. The molecule has 1 aliphatic rings. The van der Waals surface area contributed by atoms with Crippen LogP contribution in [0.3, 0.4) is 0 Å². The first-order chi connectivity index (χ1) is 11.6. The van der Waals surface area contributed by atoms with Crippen LogP contribution in [0.1, 0.15) is 12.0 Å². The van der Waals surface area contributed by atoms with Crippen LogP contribution in [0.4, 0.5) is 0 Å². The van der Waals surface area contributed by atoms with E-state index in [1.54, 1.807) is 12.1 Å². The van der Waals surface area contributed by atoms with Gasteiger partial charge in [-0.1, -0.05) is 23.7 Å². The Morgan fingerprint density at radius 2 is 1.92 bits per heavy atom. The highest BCUT2D eigenvalue weighted by Gasteiger charge is 2.26. The topological polar surface area (TPSA) is 52.9 Å². The largest absolute Gasteiger partial charge is 0.457 e. The third-order valence-electron chi connectivity index (χ3n) is 4.37. The maximum Gasteiger partial charge on any atom is 0.127 e. The molecule has 2 aromatic carbocycles. The minimum atomic E-state index is -0.397. The van der Waals surface area contributed by atoms with Crippen LogP contribution in [0.2, 0.25) is 5.02 Å². The van der Waals surface area contributed by atoms with E-state index in [0.717, 1.165) is 30.2 Å². The van der Waals surface area contributed by atoms with E-state index in [4.69, 9.17) is 16.3 Å². The summed E-state index contributed by atoms with van der Waals surface area (Å²) in [5, 5.41) is 19.9. The fourth-order valence-electron chi connectivity index (χ4n) is 3.02. The number of rotatable bonds is 5. The molecule has 4 nitrogen and oxygen atoms in total. The number of aliphatic hydroxyl groups excluding tert-OH is 2. The highest BCUT2D eigenvalue weighted by Crippen LogP contribution is 2.25. The minimum Gasteiger partial charge on any atom is -0.457 e. The van der Waals surface area contributed by atoms with E-state index in [1.165, 1.54) is 0 Å². The van der Waals surface area contributed by atoms with Gasteiger partial charge in [0, 0.05) is 37.2 Å². The van der Waals surface area contributed by atoms with Crippen molar-refractivity contribution in [3.8, 4) is 11.5 Å². The molecule has 1 aliphatic heterocycles. The molecule has 128 valence electrons. The molecule has 0 bridgehead atoms. The first-order valence-corrected chi connectivity index (χ1v) is 8.55. The maximum absolute atomic E-state index is 9.86. The Hall–Kier alpha value is -1.59. The van der Waals surface area contributed by atoms with Crippen LogP contribution < -0.4 is 4.74 Å². The third kappa shape index (κ3) is 4.48. The molecule has 1 heterocycles. The first-order valence-electron chi connectivity index (χ1n) is 8.17. The van der Waals surface area contributed by atoms with Crippen molar-refractivity contribution in [1.82, 2.24) is 4.90 Å². The van der Waals surface area contributed by atoms with E-state index < -0.39 is 6.10 Å². The predicted octanol–water partition coefficient (Wildman–Crippen LogP) is 3.31. The fourth-order valence-corrected chi connectivity index (χ4v) is 3.15. The van der Waals surface area contributed by atoms with Crippen molar-refractivity contribution >= 4 is 11.6 Å². The number of nitrogens with zero attached hydrogens (tertiary/aromatic N) is 1. The quantitative estimate of drug-likeness (QED) is 0.871. The van der Waals surface area contributed by atoms with Gasteiger partial charge in [0.05, 0.1) is 6.10 Å². The Labute approximate surface area is 147 Å². The Kier molecular flexibility index (Phi) is 5.74. The molecule has 5 heteroatoms. The van der Waals surface area contributed by atoms with Crippen molar-refractivity contribution in [3.63, 3.8) is 0 Å². The molecule has 0 amide bonds. The summed E-state index contributed by atoms with van der Waals surface area (Å²) in [7, 11) is 0. The van der Waals surface area contributed by atoms with Gasteiger partial charge in [-0.2, -0.15) is 0 Å². The van der Waals surface area contributed by atoms with Gasteiger partial charge in [-0.25, -0.2) is 0 Å². The van der Waals surface area contributed by atoms with Gasteiger partial charge in [-0.15, -0.1) is 0 Å². The summed E-state index contributed by atoms with van der Waals surface area (Å²) >= 11 is 5.89. The van der Waals surface area contributed by atoms with Crippen LogP contribution in [0.15, 0.2) is 48.5 Å². The summed E-state index contributed by atoms with van der Waals surface area (Å²) in [6.07, 6.45) is 0.303. The molecule has 1 saturated heterocycles. The lowest BCUT2D eigenvalue weighted by atomic mass is 9.95. The van der Waals surface area contributed by atoms with E-state index >= 15 is 0 Å². The van der Waals surface area contributed by atoms with Crippen LogP contribution in [0, 0.1) is 5.92 Å². The van der Waals surface area contributed by atoms with E-state index in [2.05, 4.69) is 11.0 Å². The van der Waals surface area contributed by atoms with Gasteiger partial charge < -0.3 is 14.9 Å². The number of hydrogen-bond acceptors (Lipinski definition) is 4.